The summed E-state index contributed by atoms with van der Waals surface area (Å²) in [6, 6.07) is 0. The number of carbonyl (C=O) groups excluding carboxylic acids is 1. The maximum absolute atomic E-state index is 11.9. The smallest absolute Gasteiger partial charge is 0.408 e. The molecule has 0 radical (unpaired) electrons. The molecule has 0 unspecified atom stereocenters. The summed E-state index contributed by atoms with van der Waals surface area (Å²) in [7, 11) is 1.99. The normalized spacial score (nSPS) is 24.7. The molecule has 2 N–H and O–H groups in total. The first kappa shape index (κ1) is 12.7. The van der Waals surface area contributed by atoms with Gasteiger partial charge in [-0.3, -0.25) is 0 Å². The number of likely N-dealkylation sites (N-methyl/N-ethyl adjacent to an activating group) is 1. The Hall–Kier alpha value is -0.770. The monoisotopic (exact) mass is 240 g/mol. The molecule has 4 heteroatoms. The summed E-state index contributed by atoms with van der Waals surface area (Å²) in [5.41, 5.74) is -0.363. The third-order valence-electron chi connectivity index (χ3n) is 4.09. The first-order valence-electron chi connectivity index (χ1n) is 6.53. The van der Waals surface area contributed by atoms with E-state index in [1.807, 2.05) is 27.8 Å². The minimum absolute atomic E-state index is 0.0654. The van der Waals surface area contributed by atoms with E-state index >= 15 is 0 Å². The molecule has 4 nitrogen and oxygen atoms in total. The predicted octanol–water partition coefficient (Wildman–Crippen LogP) is 2.19. The summed E-state index contributed by atoms with van der Waals surface area (Å²) in [5.74, 6) is 0. The lowest BCUT2D eigenvalue weighted by Gasteiger charge is -2.49. The van der Waals surface area contributed by atoms with Crippen molar-refractivity contribution in [3.63, 3.8) is 0 Å². The highest BCUT2D eigenvalue weighted by molar-refractivity contribution is 5.69. The van der Waals surface area contributed by atoms with Crippen LogP contribution in [0.25, 0.3) is 0 Å². The van der Waals surface area contributed by atoms with Crippen LogP contribution in [0, 0.1) is 0 Å². The van der Waals surface area contributed by atoms with Crippen molar-refractivity contribution in [1.29, 1.82) is 0 Å². The van der Waals surface area contributed by atoms with Gasteiger partial charge in [-0.1, -0.05) is 0 Å². The lowest BCUT2D eigenvalue weighted by atomic mass is 9.69. The van der Waals surface area contributed by atoms with Gasteiger partial charge in [0, 0.05) is 5.54 Å². The van der Waals surface area contributed by atoms with E-state index in [0.717, 1.165) is 25.7 Å². The second kappa shape index (κ2) is 3.87. The zero-order chi connectivity index (χ0) is 12.7. The van der Waals surface area contributed by atoms with E-state index in [9.17, 15) is 4.79 Å². The van der Waals surface area contributed by atoms with Gasteiger partial charge in [0.15, 0.2) is 0 Å². The molecule has 0 saturated heterocycles. The molecule has 0 heterocycles. The lowest BCUT2D eigenvalue weighted by Crippen LogP contribution is -2.66. The standard InChI is InChI=1S/C13H24N2O2/c1-11(2,3)17-10(16)15-13(6-5-7-13)12(14-4)8-9-12/h14H,5-9H2,1-4H3,(H,15,16). The zero-order valence-corrected chi connectivity index (χ0v) is 11.4. The van der Waals surface area contributed by atoms with Gasteiger partial charge in [-0.2, -0.15) is 0 Å². The quantitative estimate of drug-likeness (QED) is 0.795. The van der Waals surface area contributed by atoms with Gasteiger partial charge < -0.3 is 15.4 Å². The topological polar surface area (TPSA) is 50.4 Å². The average Bonchev–Trinajstić information content (AvgIpc) is 2.89. The Morgan fingerprint density at radius 2 is 1.71 bits per heavy atom. The van der Waals surface area contributed by atoms with Gasteiger partial charge in [0.25, 0.3) is 0 Å². The van der Waals surface area contributed by atoms with Crippen molar-refractivity contribution < 1.29 is 9.53 Å². The number of hydrogen-bond acceptors (Lipinski definition) is 3. The van der Waals surface area contributed by atoms with Crippen LogP contribution in [0.5, 0.6) is 0 Å². The molecule has 0 aromatic heterocycles. The van der Waals surface area contributed by atoms with E-state index in [2.05, 4.69) is 10.6 Å². The summed E-state index contributed by atoms with van der Waals surface area (Å²) >= 11 is 0. The molecule has 2 aliphatic rings. The molecular weight excluding hydrogens is 216 g/mol. The summed E-state index contributed by atoms with van der Waals surface area (Å²) in [5, 5.41) is 6.51. The SMILES string of the molecule is CNC1(C2(NC(=O)OC(C)(C)C)CCC2)CC1. The minimum Gasteiger partial charge on any atom is -0.444 e. The molecule has 1 amide bonds. The Bertz CT molecular complexity index is 312. The summed E-state index contributed by atoms with van der Waals surface area (Å²) < 4.78 is 5.36. The molecule has 0 aromatic carbocycles. The third-order valence-corrected chi connectivity index (χ3v) is 4.09. The fourth-order valence-corrected chi connectivity index (χ4v) is 2.85. The Kier molecular flexibility index (Phi) is 2.89. The van der Waals surface area contributed by atoms with Gasteiger partial charge in [-0.15, -0.1) is 0 Å². The maximum Gasteiger partial charge on any atom is 0.408 e. The van der Waals surface area contributed by atoms with Crippen LogP contribution in [-0.2, 0) is 4.74 Å². The van der Waals surface area contributed by atoms with Gasteiger partial charge in [0.05, 0.1) is 5.54 Å². The molecule has 17 heavy (non-hydrogen) atoms. The molecule has 98 valence electrons. The van der Waals surface area contributed by atoms with Crippen LogP contribution in [0.4, 0.5) is 4.79 Å². The van der Waals surface area contributed by atoms with Gasteiger partial charge in [-0.05, 0) is 59.9 Å². The minimum atomic E-state index is -0.425. The van der Waals surface area contributed by atoms with Crippen LogP contribution in [0.1, 0.15) is 52.9 Å². The van der Waals surface area contributed by atoms with E-state index < -0.39 is 5.60 Å². The van der Waals surface area contributed by atoms with Crippen molar-refractivity contribution in [3.05, 3.63) is 0 Å². The van der Waals surface area contributed by atoms with Crippen LogP contribution in [0.3, 0.4) is 0 Å². The van der Waals surface area contributed by atoms with E-state index in [1.165, 1.54) is 6.42 Å². The number of rotatable bonds is 3. The molecule has 2 aliphatic carbocycles. The van der Waals surface area contributed by atoms with Crippen LogP contribution in [-0.4, -0.2) is 29.8 Å². The van der Waals surface area contributed by atoms with Crippen molar-refractivity contribution in [3.8, 4) is 0 Å². The largest absolute Gasteiger partial charge is 0.444 e. The fourth-order valence-electron chi connectivity index (χ4n) is 2.85. The van der Waals surface area contributed by atoms with Crippen molar-refractivity contribution >= 4 is 6.09 Å². The molecule has 0 spiro atoms. The Balaban J connectivity index is 1.99. The van der Waals surface area contributed by atoms with Gasteiger partial charge in [0.1, 0.15) is 5.60 Å². The number of hydrogen-bond donors (Lipinski definition) is 2. The van der Waals surface area contributed by atoms with Crippen LogP contribution < -0.4 is 10.6 Å². The number of carbonyl (C=O) groups is 1. The van der Waals surface area contributed by atoms with Gasteiger partial charge >= 0.3 is 6.09 Å². The van der Waals surface area contributed by atoms with E-state index in [0.29, 0.717) is 0 Å². The van der Waals surface area contributed by atoms with E-state index in [1.54, 1.807) is 0 Å². The molecule has 0 atom stereocenters. The van der Waals surface area contributed by atoms with Crippen LogP contribution in [0.2, 0.25) is 0 Å². The maximum atomic E-state index is 11.9. The third kappa shape index (κ3) is 2.28. The first-order valence-corrected chi connectivity index (χ1v) is 6.53. The van der Waals surface area contributed by atoms with Crippen molar-refractivity contribution in [2.75, 3.05) is 7.05 Å². The number of amides is 1. The Morgan fingerprint density at radius 3 is 2.00 bits per heavy atom. The second-order valence-electron chi connectivity index (χ2n) is 6.39. The molecule has 2 fully saturated rings. The fraction of sp³-hybridized carbons (Fsp3) is 0.923. The highest BCUT2D eigenvalue weighted by atomic mass is 16.6. The molecule has 0 aliphatic heterocycles. The zero-order valence-electron chi connectivity index (χ0n) is 11.4. The highest BCUT2D eigenvalue weighted by Crippen LogP contribution is 2.53. The average molecular weight is 240 g/mol. The molecular formula is C13H24N2O2. The molecule has 2 rings (SSSR count). The van der Waals surface area contributed by atoms with Gasteiger partial charge in [0.2, 0.25) is 0 Å². The Morgan fingerprint density at radius 1 is 1.12 bits per heavy atom. The van der Waals surface area contributed by atoms with Gasteiger partial charge in [-0.25, -0.2) is 4.79 Å². The molecule has 0 bridgehead atoms. The number of ether oxygens (including phenoxy) is 1. The van der Waals surface area contributed by atoms with E-state index in [-0.39, 0.29) is 17.2 Å². The summed E-state index contributed by atoms with van der Waals surface area (Å²) in [6.45, 7) is 5.68. The molecule has 0 aromatic rings. The second-order valence-corrected chi connectivity index (χ2v) is 6.39. The van der Waals surface area contributed by atoms with Crippen molar-refractivity contribution in [2.45, 2.75) is 69.6 Å². The van der Waals surface area contributed by atoms with Crippen molar-refractivity contribution in [1.82, 2.24) is 10.6 Å². The first-order chi connectivity index (χ1) is 7.83. The number of alkyl carbamates (subject to hydrolysis) is 1. The highest BCUT2D eigenvalue weighted by Gasteiger charge is 2.61. The van der Waals surface area contributed by atoms with Crippen LogP contribution in [0.15, 0.2) is 0 Å². The summed E-state index contributed by atoms with van der Waals surface area (Å²) in [6.07, 6.45) is 5.34. The Labute approximate surface area is 103 Å². The summed E-state index contributed by atoms with van der Waals surface area (Å²) in [4.78, 5) is 11.9. The van der Waals surface area contributed by atoms with Crippen molar-refractivity contribution in [2.24, 2.45) is 0 Å². The van der Waals surface area contributed by atoms with Crippen LogP contribution >= 0.6 is 0 Å². The number of nitrogens with one attached hydrogen (secondary N) is 2. The molecule has 2 saturated carbocycles. The predicted molar refractivity (Wildman–Crippen MR) is 67.0 cm³/mol. The van der Waals surface area contributed by atoms with E-state index in [4.69, 9.17) is 4.74 Å². The lowest BCUT2D eigenvalue weighted by molar-refractivity contribution is 0.0295.